The quantitative estimate of drug-likeness (QED) is 0.448. The van der Waals surface area contributed by atoms with E-state index in [1.807, 2.05) is 0 Å². The second-order valence-electron chi connectivity index (χ2n) is 12.4. The number of carbonyl (C=O) groups excluding carboxylic acids is 2. The molecule has 0 bridgehead atoms. The maximum absolute atomic E-state index is 12.7. The molecule has 0 aromatic heterocycles. The monoisotopic (exact) mass is 390 g/mol. The van der Waals surface area contributed by atoms with Gasteiger partial charge in [-0.25, -0.2) is 0 Å². The number of carbonyl (C=O) groups is 2. The van der Waals surface area contributed by atoms with Crippen molar-refractivity contribution >= 4 is 11.8 Å². The summed E-state index contributed by atoms with van der Waals surface area (Å²) < 4.78 is 6.23. The molecule has 8 aliphatic rings. The van der Waals surface area contributed by atoms with Crippen LogP contribution in [0.1, 0.15) is 65.2 Å². The molecule has 152 valence electrons. The maximum atomic E-state index is 12.7. The topological polar surface area (TPSA) is 43.4 Å². The fourth-order valence-electron chi connectivity index (χ4n) is 10.1. The Balaban J connectivity index is 1.31. The zero-order valence-corrected chi connectivity index (χ0v) is 17.5. The Morgan fingerprint density at radius 3 is 2.59 bits per heavy atom. The van der Waals surface area contributed by atoms with Crippen LogP contribution in [0.15, 0.2) is 23.3 Å². The average Bonchev–Trinajstić information content (AvgIpc) is 3.57. The summed E-state index contributed by atoms with van der Waals surface area (Å²) in [5, 5.41) is 0. The van der Waals surface area contributed by atoms with Crippen molar-refractivity contribution in [3.05, 3.63) is 23.3 Å². The van der Waals surface area contributed by atoms with Gasteiger partial charge in [-0.1, -0.05) is 31.1 Å². The highest BCUT2D eigenvalue weighted by molar-refractivity contribution is 5.97. The van der Waals surface area contributed by atoms with Crippen molar-refractivity contribution in [1.29, 1.82) is 0 Å². The number of hydrogen-bond donors (Lipinski definition) is 0. The number of hydrogen-bond acceptors (Lipinski definition) is 3. The van der Waals surface area contributed by atoms with E-state index in [0.717, 1.165) is 25.2 Å². The number of fused-ring (bicyclic) bond motifs is 12. The predicted octanol–water partition coefficient (Wildman–Crippen LogP) is 4.62. The van der Waals surface area contributed by atoms with E-state index in [9.17, 15) is 9.59 Å². The van der Waals surface area contributed by atoms with E-state index in [1.165, 1.54) is 31.3 Å². The third-order valence-corrected chi connectivity index (χ3v) is 11.6. The Bertz CT molecular complexity index is 984. The van der Waals surface area contributed by atoms with Crippen LogP contribution in [0.4, 0.5) is 0 Å². The molecule has 0 radical (unpaired) electrons. The fraction of sp³-hybridized carbons (Fsp3) is 0.769. The van der Waals surface area contributed by atoms with E-state index in [4.69, 9.17) is 4.74 Å². The van der Waals surface area contributed by atoms with Gasteiger partial charge in [0.2, 0.25) is 0 Å². The lowest BCUT2D eigenvalue weighted by molar-refractivity contribution is -0.166. The van der Waals surface area contributed by atoms with Gasteiger partial charge < -0.3 is 4.74 Å². The van der Waals surface area contributed by atoms with Crippen LogP contribution in [-0.4, -0.2) is 17.4 Å². The van der Waals surface area contributed by atoms with Crippen molar-refractivity contribution in [2.75, 3.05) is 0 Å². The van der Waals surface area contributed by atoms with Gasteiger partial charge in [-0.05, 0) is 80.1 Å². The second kappa shape index (κ2) is 4.32. The summed E-state index contributed by atoms with van der Waals surface area (Å²) in [7, 11) is 0. The van der Waals surface area contributed by atoms with Gasteiger partial charge in [0.1, 0.15) is 5.60 Å². The number of allylic oxidation sites excluding steroid dienone is 4. The van der Waals surface area contributed by atoms with Crippen LogP contribution in [0.3, 0.4) is 0 Å². The van der Waals surface area contributed by atoms with Crippen LogP contribution < -0.4 is 0 Å². The molecule has 0 aromatic carbocycles. The van der Waals surface area contributed by atoms with Crippen molar-refractivity contribution in [3.63, 3.8) is 0 Å². The van der Waals surface area contributed by atoms with Crippen molar-refractivity contribution in [2.24, 2.45) is 51.8 Å². The van der Waals surface area contributed by atoms with Crippen LogP contribution in [0, 0.1) is 51.8 Å². The van der Waals surface area contributed by atoms with Crippen LogP contribution in [-0.2, 0) is 14.3 Å². The molecule has 29 heavy (non-hydrogen) atoms. The molecule has 1 heterocycles. The molecule has 2 spiro atoms. The normalized spacial score (nSPS) is 59.1. The molecule has 9 atom stereocenters. The van der Waals surface area contributed by atoms with Crippen LogP contribution in [0.5, 0.6) is 0 Å². The SMILES string of the molecule is C[C@@]12C3=CC[C@@]4(C)C(C3CC3(CC3)C1=CC(=O)[C@@H]1C[C@@H]12)[C@@H]1C[C@@H]1[C@@]41CCC(=O)O1. The van der Waals surface area contributed by atoms with Crippen LogP contribution in [0.25, 0.3) is 0 Å². The summed E-state index contributed by atoms with van der Waals surface area (Å²) in [5.74, 6) is 3.99. The highest BCUT2D eigenvalue weighted by Crippen LogP contribution is 2.82. The Morgan fingerprint density at radius 1 is 1.03 bits per heavy atom. The molecule has 8 rings (SSSR count). The Hall–Kier alpha value is -1.38. The third kappa shape index (κ3) is 1.53. The van der Waals surface area contributed by atoms with Gasteiger partial charge in [0.05, 0.1) is 0 Å². The van der Waals surface area contributed by atoms with E-state index in [1.54, 1.807) is 5.57 Å². The second-order valence-corrected chi connectivity index (χ2v) is 12.4. The Kier molecular flexibility index (Phi) is 2.43. The lowest BCUT2D eigenvalue weighted by atomic mass is 9.46. The summed E-state index contributed by atoms with van der Waals surface area (Å²) >= 11 is 0. The molecule has 0 aromatic rings. The highest BCUT2D eigenvalue weighted by atomic mass is 16.6. The molecule has 3 nitrogen and oxygen atoms in total. The molecule has 1 aliphatic heterocycles. The van der Waals surface area contributed by atoms with Gasteiger partial charge in [0.15, 0.2) is 5.78 Å². The van der Waals surface area contributed by atoms with Gasteiger partial charge in [0.25, 0.3) is 0 Å². The number of ketones is 1. The molecule has 3 heteroatoms. The fourth-order valence-corrected chi connectivity index (χ4v) is 10.1. The maximum Gasteiger partial charge on any atom is 0.306 e. The first-order chi connectivity index (χ1) is 13.8. The zero-order chi connectivity index (χ0) is 19.6. The summed E-state index contributed by atoms with van der Waals surface area (Å²) in [6.45, 7) is 4.97. The summed E-state index contributed by atoms with van der Waals surface area (Å²) in [5.41, 5.74) is 3.58. The molecule has 0 amide bonds. The van der Waals surface area contributed by atoms with Gasteiger partial charge >= 0.3 is 5.97 Å². The molecule has 0 N–H and O–H groups in total. The molecular formula is C26H30O3. The third-order valence-electron chi connectivity index (χ3n) is 11.6. The highest BCUT2D eigenvalue weighted by Gasteiger charge is 2.80. The van der Waals surface area contributed by atoms with Crippen molar-refractivity contribution < 1.29 is 14.3 Å². The van der Waals surface area contributed by atoms with Gasteiger partial charge in [0, 0.05) is 29.1 Å². The average molecular weight is 391 g/mol. The first kappa shape index (κ1) is 16.3. The van der Waals surface area contributed by atoms with Crippen LogP contribution in [0.2, 0.25) is 0 Å². The summed E-state index contributed by atoms with van der Waals surface area (Å²) in [6.07, 6.45) is 13.5. The summed E-state index contributed by atoms with van der Waals surface area (Å²) in [6, 6.07) is 0. The van der Waals surface area contributed by atoms with Gasteiger partial charge in [-0.2, -0.15) is 0 Å². The van der Waals surface area contributed by atoms with Gasteiger partial charge in [-0.15, -0.1) is 0 Å². The Labute approximate surface area is 172 Å². The Morgan fingerprint density at radius 2 is 1.86 bits per heavy atom. The van der Waals surface area contributed by atoms with Crippen molar-refractivity contribution in [1.82, 2.24) is 0 Å². The zero-order valence-electron chi connectivity index (χ0n) is 17.5. The molecular weight excluding hydrogens is 360 g/mol. The smallest absolute Gasteiger partial charge is 0.306 e. The lowest BCUT2D eigenvalue weighted by Gasteiger charge is -2.58. The number of ether oxygens (including phenoxy) is 1. The first-order valence-corrected chi connectivity index (χ1v) is 12.0. The van der Waals surface area contributed by atoms with Gasteiger partial charge in [-0.3, -0.25) is 9.59 Å². The number of rotatable bonds is 0. The lowest BCUT2D eigenvalue weighted by Crippen LogP contribution is -2.54. The van der Waals surface area contributed by atoms with E-state index >= 15 is 0 Å². The van der Waals surface area contributed by atoms with Crippen molar-refractivity contribution in [2.45, 2.75) is 70.8 Å². The van der Waals surface area contributed by atoms with E-state index < -0.39 is 0 Å². The standard InChI is InChI=1S/C26H30O3/c1-23-5-3-16-15(22(23)14-10-18(14)26(23)6-4-21(28)29-26)12-25(7-8-25)20-11-19(27)13-9-17(13)24(16,20)2/h3,11,13-15,17-18,22H,4-10,12H2,1-2H3/t13-,14-,15?,17+,18+,22?,23+,24+,26+/m1/s1. The molecule has 1 saturated heterocycles. The molecule has 2 unspecified atom stereocenters. The minimum absolute atomic E-state index is 0.0402. The van der Waals surface area contributed by atoms with E-state index in [-0.39, 0.29) is 22.4 Å². The van der Waals surface area contributed by atoms with E-state index in [2.05, 4.69) is 26.0 Å². The predicted molar refractivity (Wildman–Crippen MR) is 107 cm³/mol. The molecule has 7 aliphatic carbocycles. The molecule has 5 saturated carbocycles. The van der Waals surface area contributed by atoms with Crippen molar-refractivity contribution in [3.8, 4) is 0 Å². The minimum Gasteiger partial charge on any atom is -0.458 e. The number of esters is 1. The first-order valence-electron chi connectivity index (χ1n) is 12.0. The van der Waals surface area contributed by atoms with E-state index in [0.29, 0.717) is 47.2 Å². The largest absolute Gasteiger partial charge is 0.458 e. The summed E-state index contributed by atoms with van der Waals surface area (Å²) in [4.78, 5) is 24.9. The molecule has 6 fully saturated rings. The van der Waals surface area contributed by atoms with Crippen LogP contribution >= 0.6 is 0 Å². The minimum atomic E-state index is -0.181.